The summed E-state index contributed by atoms with van der Waals surface area (Å²) in [7, 11) is 0. The molecule has 4 heteroatoms. The van der Waals surface area contributed by atoms with Crippen molar-refractivity contribution in [3.05, 3.63) is 35.9 Å². The number of hydrogen-bond acceptors (Lipinski definition) is 4. The molecule has 0 saturated heterocycles. The van der Waals surface area contributed by atoms with Crippen LogP contribution in [0.4, 0.5) is 0 Å². The van der Waals surface area contributed by atoms with Crippen molar-refractivity contribution in [3.63, 3.8) is 0 Å². The van der Waals surface area contributed by atoms with Gasteiger partial charge in [-0.1, -0.05) is 38.0 Å². The molecule has 0 aromatic heterocycles. The summed E-state index contributed by atoms with van der Waals surface area (Å²) in [6.07, 6.45) is 7.39. The van der Waals surface area contributed by atoms with Crippen LogP contribution in [0.2, 0.25) is 0 Å². The molecular weight excluding hydrogens is 304 g/mol. The molecule has 0 spiro atoms. The van der Waals surface area contributed by atoms with Crippen molar-refractivity contribution in [1.29, 1.82) is 0 Å². The summed E-state index contributed by atoms with van der Waals surface area (Å²) in [5.41, 5.74) is 0.481. The first kappa shape index (κ1) is 18.2. The minimum atomic E-state index is -0.546. The second-order valence-corrected chi connectivity index (χ2v) is 6.88. The van der Waals surface area contributed by atoms with E-state index in [-0.39, 0.29) is 11.3 Å². The number of esters is 2. The number of ether oxygens (including phenoxy) is 2. The molecule has 1 aromatic rings. The molecule has 0 radical (unpaired) electrons. The lowest BCUT2D eigenvalue weighted by Crippen LogP contribution is -2.38. The van der Waals surface area contributed by atoms with E-state index in [9.17, 15) is 9.59 Å². The summed E-state index contributed by atoms with van der Waals surface area (Å²) in [4.78, 5) is 24.0. The first-order valence-electron chi connectivity index (χ1n) is 8.51. The fraction of sp³-hybridized carbons (Fsp3) is 0.500. The molecule has 0 aliphatic heterocycles. The standard InChI is InChI=1S/C20H26O4/c1-5-15-11-12-18(23-14(2)21)17(13-15)19(22)24-20(3,4)16-9-7-6-8-10-16/h5,11-13,16H,1,6-10H2,2-4H3. The Bertz CT molecular complexity index is 625. The molecule has 0 N–H and O–H groups in total. The number of rotatable bonds is 5. The van der Waals surface area contributed by atoms with Gasteiger partial charge in [0.25, 0.3) is 0 Å². The van der Waals surface area contributed by atoms with Crippen LogP contribution in [0.25, 0.3) is 6.08 Å². The Labute approximate surface area is 143 Å². The normalized spacial score (nSPS) is 15.6. The molecule has 1 aliphatic carbocycles. The predicted molar refractivity (Wildman–Crippen MR) is 93.9 cm³/mol. The Morgan fingerprint density at radius 1 is 1.21 bits per heavy atom. The van der Waals surface area contributed by atoms with Crippen LogP contribution in [0.15, 0.2) is 24.8 Å². The first-order chi connectivity index (χ1) is 11.3. The van der Waals surface area contributed by atoms with Crippen molar-refractivity contribution in [2.45, 2.75) is 58.5 Å². The topological polar surface area (TPSA) is 52.6 Å². The van der Waals surface area contributed by atoms with E-state index in [0.717, 1.165) is 18.4 Å². The zero-order chi connectivity index (χ0) is 17.7. The minimum absolute atomic E-state index is 0.220. The van der Waals surface area contributed by atoms with Crippen LogP contribution < -0.4 is 4.74 Å². The summed E-state index contributed by atoms with van der Waals surface area (Å²) in [6.45, 7) is 8.94. The molecule has 0 heterocycles. The first-order valence-corrected chi connectivity index (χ1v) is 8.51. The van der Waals surface area contributed by atoms with Crippen LogP contribution in [-0.4, -0.2) is 17.5 Å². The van der Waals surface area contributed by atoms with Gasteiger partial charge in [0.1, 0.15) is 16.9 Å². The average molecular weight is 330 g/mol. The van der Waals surface area contributed by atoms with Crippen LogP contribution in [0.3, 0.4) is 0 Å². The second kappa shape index (κ2) is 7.65. The minimum Gasteiger partial charge on any atom is -0.456 e. The van der Waals surface area contributed by atoms with Crippen LogP contribution in [0, 0.1) is 5.92 Å². The Morgan fingerprint density at radius 3 is 2.46 bits per heavy atom. The molecule has 0 unspecified atom stereocenters. The maximum atomic E-state index is 12.7. The fourth-order valence-electron chi connectivity index (χ4n) is 3.25. The Balaban J connectivity index is 2.23. The smallest absolute Gasteiger partial charge is 0.342 e. The molecule has 4 nitrogen and oxygen atoms in total. The molecular formula is C20H26O4. The molecule has 0 bridgehead atoms. The number of carbonyl (C=O) groups is 2. The molecule has 1 aromatic carbocycles. The molecule has 1 fully saturated rings. The molecule has 130 valence electrons. The number of carbonyl (C=O) groups excluding carboxylic acids is 2. The van der Waals surface area contributed by atoms with Crippen LogP contribution in [0.5, 0.6) is 5.75 Å². The maximum Gasteiger partial charge on any atom is 0.342 e. The highest BCUT2D eigenvalue weighted by Gasteiger charge is 2.35. The largest absolute Gasteiger partial charge is 0.456 e. The molecule has 24 heavy (non-hydrogen) atoms. The number of hydrogen-bond donors (Lipinski definition) is 0. The SMILES string of the molecule is C=Cc1ccc(OC(C)=O)c(C(=O)OC(C)(C)C2CCCCC2)c1. The summed E-state index contributed by atoms with van der Waals surface area (Å²) < 4.78 is 11.0. The van der Waals surface area contributed by atoms with Gasteiger partial charge < -0.3 is 9.47 Å². The van der Waals surface area contributed by atoms with E-state index in [2.05, 4.69) is 6.58 Å². The number of benzene rings is 1. The van der Waals surface area contributed by atoms with E-state index < -0.39 is 17.5 Å². The summed E-state index contributed by atoms with van der Waals surface area (Å²) in [5.74, 6) is -0.361. The Morgan fingerprint density at radius 2 is 1.88 bits per heavy atom. The van der Waals surface area contributed by atoms with Gasteiger partial charge in [0, 0.05) is 6.92 Å². The van der Waals surface area contributed by atoms with Crippen molar-refractivity contribution in [1.82, 2.24) is 0 Å². The van der Waals surface area contributed by atoms with E-state index in [1.165, 1.54) is 26.2 Å². The van der Waals surface area contributed by atoms with Crippen molar-refractivity contribution < 1.29 is 19.1 Å². The van der Waals surface area contributed by atoms with E-state index in [4.69, 9.17) is 9.47 Å². The van der Waals surface area contributed by atoms with Gasteiger partial charge in [-0.05, 0) is 50.3 Å². The van der Waals surface area contributed by atoms with E-state index in [1.807, 2.05) is 13.8 Å². The fourth-order valence-corrected chi connectivity index (χ4v) is 3.25. The van der Waals surface area contributed by atoms with Crippen molar-refractivity contribution in [2.75, 3.05) is 0 Å². The quantitative estimate of drug-likeness (QED) is 0.576. The summed E-state index contributed by atoms with van der Waals surface area (Å²) in [5, 5.41) is 0. The lowest BCUT2D eigenvalue weighted by molar-refractivity contribution is -0.131. The molecule has 2 rings (SSSR count). The zero-order valence-corrected chi connectivity index (χ0v) is 14.8. The van der Waals surface area contributed by atoms with Crippen molar-refractivity contribution in [3.8, 4) is 5.75 Å². The van der Waals surface area contributed by atoms with Crippen molar-refractivity contribution >= 4 is 18.0 Å². The van der Waals surface area contributed by atoms with E-state index in [0.29, 0.717) is 5.92 Å². The zero-order valence-electron chi connectivity index (χ0n) is 14.8. The van der Waals surface area contributed by atoms with Crippen LogP contribution in [-0.2, 0) is 9.53 Å². The average Bonchev–Trinajstić information content (AvgIpc) is 2.55. The van der Waals surface area contributed by atoms with E-state index in [1.54, 1.807) is 24.3 Å². The van der Waals surface area contributed by atoms with Gasteiger partial charge in [-0.15, -0.1) is 0 Å². The third-order valence-electron chi connectivity index (χ3n) is 4.66. The highest BCUT2D eigenvalue weighted by Crippen LogP contribution is 2.36. The second-order valence-electron chi connectivity index (χ2n) is 6.88. The molecule has 0 atom stereocenters. The maximum absolute atomic E-state index is 12.7. The molecule has 1 saturated carbocycles. The highest BCUT2D eigenvalue weighted by molar-refractivity contribution is 5.94. The lowest BCUT2D eigenvalue weighted by Gasteiger charge is -2.36. The van der Waals surface area contributed by atoms with Gasteiger partial charge in [0.2, 0.25) is 0 Å². The highest BCUT2D eigenvalue weighted by atomic mass is 16.6. The predicted octanol–water partition coefficient (Wildman–Crippen LogP) is 4.77. The van der Waals surface area contributed by atoms with Gasteiger partial charge >= 0.3 is 11.9 Å². The van der Waals surface area contributed by atoms with E-state index >= 15 is 0 Å². The van der Waals surface area contributed by atoms with Crippen molar-refractivity contribution in [2.24, 2.45) is 5.92 Å². The molecule has 0 amide bonds. The van der Waals surface area contributed by atoms with Crippen LogP contribution >= 0.6 is 0 Å². The van der Waals surface area contributed by atoms with Gasteiger partial charge in [0.15, 0.2) is 0 Å². The third-order valence-corrected chi connectivity index (χ3v) is 4.66. The molecule has 1 aliphatic rings. The summed E-state index contributed by atoms with van der Waals surface area (Å²) >= 11 is 0. The van der Waals surface area contributed by atoms with Gasteiger partial charge in [-0.25, -0.2) is 4.79 Å². The monoisotopic (exact) mass is 330 g/mol. The van der Waals surface area contributed by atoms with Gasteiger partial charge in [0.05, 0.1) is 0 Å². The van der Waals surface area contributed by atoms with Gasteiger partial charge in [-0.3, -0.25) is 4.79 Å². The van der Waals surface area contributed by atoms with Gasteiger partial charge in [-0.2, -0.15) is 0 Å². The third kappa shape index (κ3) is 4.47. The van der Waals surface area contributed by atoms with Crippen LogP contribution in [0.1, 0.15) is 68.8 Å². The Hall–Kier alpha value is -2.10. The summed E-state index contributed by atoms with van der Waals surface area (Å²) in [6, 6.07) is 4.99. The lowest BCUT2D eigenvalue weighted by atomic mass is 9.79. The Kier molecular flexibility index (Phi) is 5.81.